The first-order valence-electron chi connectivity index (χ1n) is 7.66. The van der Waals surface area contributed by atoms with Gasteiger partial charge in [-0.3, -0.25) is 9.48 Å². The second-order valence-corrected chi connectivity index (χ2v) is 6.09. The van der Waals surface area contributed by atoms with Crippen molar-refractivity contribution >= 4 is 23.5 Å². The number of benzene rings is 1. The minimum Gasteiger partial charge on any atom is -0.457 e. The standard InChI is InChI=1S/C19H17ClN2O2/c1-13(2)22-12-14(11-21-22)18(23)9-7-15-8-10-19(24-15)16-5-3-4-6-17(16)20/h3-13H,1-2H3/b9-7+. The molecule has 2 aromatic heterocycles. The molecular weight excluding hydrogens is 324 g/mol. The van der Waals surface area contributed by atoms with Gasteiger partial charge in [-0.2, -0.15) is 5.10 Å². The highest BCUT2D eigenvalue weighted by atomic mass is 35.5. The largest absolute Gasteiger partial charge is 0.457 e. The number of nitrogens with zero attached hydrogens (tertiary/aromatic N) is 2. The van der Waals surface area contributed by atoms with E-state index >= 15 is 0 Å². The Morgan fingerprint density at radius 2 is 2.04 bits per heavy atom. The van der Waals surface area contributed by atoms with Gasteiger partial charge in [0.15, 0.2) is 5.78 Å². The molecule has 24 heavy (non-hydrogen) atoms. The van der Waals surface area contributed by atoms with Crippen molar-refractivity contribution in [3.63, 3.8) is 0 Å². The van der Waals surface area contributed by atoms with Crippen LogP contribution in [0.4, 0.5) is 0 Å². The Morgan fingerprint density at radius 1 is 1.25 bits per heavy atom. The third-order valence-corrected chi connectivity index (χ3v) is 3.91. The van der Waals surface area contributed by atoms with Crippen LogP contribution in [-0.2, 0) is 0 Å². The van der Waals surface area contributed by atoms with E-state index in [1.807, 2.05) is 44.2 Å². The second-order valence-electron chi connectivity index (χ2n) is 5.68. The fourth-order valence-corrected chi connectivity index (χ4v) is 2.48. The number of hydrogen-bond donors (Lipinski definition) is 0. The van der Waals surface area contributed by atoms with E-state index in [-0.39, 0.29) is 11.8 Å². The summed E-state index contributed by atoms with van der Waals surface area (Å²) in [4.78, 5) is 12.2. The van der Waals surface area contributed by atoms with Gasteiger partial charge in [-0.15, -0.1) is 0 Å². The summed E-state index contributed by atoms with van der Waals surface area (Å²) >= 11 is 6.16. The quantitative estimate of drug-likeness (QED) is 0.469. The molecule has 0 radical (unpaired) electrons. The highest BCUT2D eigenvalue weighted by Crippen LogP contribution is 2.29. The summed E-state index contributed by atoms with van der Waals surface area (Å²) in [5, 5.41) is 4.79. The maximum absolute atomic E-state index is 12.2. The molecule has 1 aromatic carbocycles. The zero-order chi connectivity index (χ0) is 17.1. The number of hydrogen-bond acceptors (Lipinski definition) is 3. The fourth-order valence-electron chi connectivity index (χ4n) is 2.25. The molecule has 2 heterocycles. The second kappa shape index (κ2) is 6.89. The van der Waals surface area contributed by atoms with Crippen LogP contribution >= 0.6 is 11.6 Å². The van der Waals surface area contributed by atoms with Crippen molar-refractivity contribution in [3.8, 4) is 11.3 Å². The Morgan fingerprint density at radius 3 is 2.75 bits per heavy atom. The Kier molecular flexibility index (Phi) is 4.67. The lowest BCUT2D eigenvalue weighted by atomic mass is 10.2. The predicted octanol–water partition coefficient (Wildman–Crippen LogP) is 5.27. The summed E-state index contributed by atoms with van der Waals surface area (Å²) < 4.78 is 7.49. The van der Waals surface area contributed by atoms with E-state index in [4.69, 9.17) is 16.0 Å². The zero-order valence-corrected chi connectivity index (χ0v) is 14.2. The molecule has 122 valence electrons. The highest BCUT2D eigenvalue weighted by molar-refractivity contribution is 6.33. The predicted molar refractivity (Wildman–Crippen MR) is 95.1 cm³/mol. The van der Waals surface area contributed by atoms with Gasteiger partial charge >= 0.3 is 0 Å². The molecule has 0 spiro atoms. The molecule has 0 unspecified atom stereocenters. The van der Waals surface area contributed by atoms with Crippen molar-refractivity contribution in [2.24, 2.45) is 0 Å². The normalized spacial score (nSPS) is 11.5. The van der Waals surface area contributed by atoms with Crippen LogP contribution in [0.5, 0.6) is 0 Å². The molecule has 0 aliphatic carbocycles. The maximum atomic E-state index is 12.2. The number of rotatable bonds is 5. The summed E-state index contributed by atoms with van der Waals surface area (Å²) in [6.45, 7) is 4.02. The number of carbonyl (C=O) groups is 1. The van der Waals surface area contributed by atoms with E-state index in [1.54, 1.807) is 29.2 Å². The van der Waals surface area contributed by atoms with Crippen molar-refractivity contribution < 1.29 is 9.21 Å². The molecule has 0 amide bonds. The summed E-state index contributed by atoms with van der Waals surface area (Å²) in [7, 11) is 0. The Bertz CT molecular complexity index is 890. The first-order valence-corrected chi connectivity index (χ1v) is 8.03. The summed E-state index contributed by atoms with van der Waals surface area (Å²) in [5.41, 5.74) is 1.38. The summed E-state index contributed by atoms with van der Waals surface area (Å²) in [5.74, 6) is 1.15. The van der Waals surface area contributed by atoms with E-state index in [2.05, 4.69) is 5.10 Å². The van der Waals surface area contributed by atoms with Gasteiger partial charge in [0.2, 0.25) is 0 Å². The minimum atomic E-state index is -0.113. The molecule has 3 aromatic rings. The van der Waals surface area contributed by atoms with Gasteiger partial charge in [-0.25, -0.2) is 0 Å². The Balaban J connectivity index is 1.75. The van der Waals surface area contributed by atoms with Crippen molar-refractivity contribution in [2.45, 2.75) is 19.9 Å². The van der Waals surface area contributed by atoms with E-state index in [0.29, 0.717) is 22.1 Å². The molecule has 4 nitrogen and oxygen atoms in total. The molecule has 0 aliphatic heterocycles. The van der Waals surface area contributed by atoms with Gasteiger partial charge in [0.1, 0.15) is 11.5 Å². The van der Waals surface area contributed by atoms with Crippen molar-refractivity contribution in [1.29, 1.82) is 0 Å². The van der Waals surface area contributed by atoms with Gasteiger partial charge in [-0.1, -0.05) is 23.7 Å². The number of allylic oxidation sites excluding steroid dienone is 1. The van der Waals surface area contributed by atoms with E-state index in [1.165, 1.54) is 6.08 Å². The lowest BCUT2D eigenvalue weighted by Gasteiger charge is -2.02. The number of aromatic nitrogens is 2. The van der Waals surface area contributed by atoms with Crippen molar-refractivity contribution in [2.75, 3.05) is 0 Å². The number of carbonyl (C=O) groups excluding carboxylic acids is 1. The third kappa shape index (κ3) is 3.49. The molecular formula is C19H17ClN2O2. The van der Waals surface area contributed by atoms with Crippen LogP contribution in [0, 0.1) is 0 Å². The van der Waals surface area contributed by atoms with Crippen LogP contribution in [0.15, 0.2) is 59.3 Å². The van der Waals surface area contributed by atoms with Crippen LogP contribution in [-0.4, -0.2) is 15.6 Å². The molecule has 0 fully saturated rings. The van der Waals surface area contributed by atoms with Gasteiger partial charge in [0.25, 0.3) is 0 Å². The highest BCUT2D eigenvalue weighted by Gasteiger charge is 2.09. The summed E-state index contributed by atoms with van der Waals surface area (Å²) in [6.07, 6.45) is 6.45. The number of furan rings is 1. The first-order chi connectivity index (χ1) is 11.5. The molecule has 0 bridgehead atoms. The van der Waals surface area contributed by atoms with Crippen LogP contribution in [0.3, 0.4) is 0 Å². The lowest BCUT2D eigenvalue weighted by molar-refractivity contribution is 0.104. The average molecular weight is 341 g/mol. The monoisotopic (exact) mass is 340 g/mol. The fraction of sp³-hybridized carbons (Fsp3) is 0.158. The van der Waals surface area contributed by atoms with Crippen LogP contribution in [0.2, 0.25) is 5.02 Å². The van der Waals surface area contributed by atoms with Crippen molar-refractivity contribution in [1.82, 2.24) is 9.78 Å². The lowest BCUT2D eigenvalue weighted by Crippen LogP contribution is -2.00. The Hall–Kier alpha value is -2.59. The molecule has 0 saturated carbocycles. The van der Waals surface area contributed by atoms with E-state index < -0.39 is 0 Å². The molecule has 0 N–H and O–H groups in total. The molecule has 0 saturated heterocycles. The van der Waals surface area contributed by atoms with E-state index in [0.717, 1.165) is 5.56 Å². The molecule has 0 atom stereocenters. The first kappa shape index (κ1) is 16.3. The van der Waals surface area contributed by atoms with E-state index in [9.17, 15) is 4.79 Å². The van der Waals surface area contributed by atoms with Gasteiger partial charge < -0.3 is 4.42 Å². The molecule has 0 aliphatic rings. The molecule has 3 rings (SSSR count). The average Bonchev–Trinajstić information content (AvgIpc) is 3.22. The Labute approximate surface area is 145 Å². The zero-order valence-electron chi connectivity index (χ0n) is 13.4. The number of ketones is 1. The van der Waals surface area contributed by atoms with Gasteiger partial charge in [0.05, 0.1) is 16.8 Å². The van der Waals surface area contributed by atoms with Crippen LogP contribution in [0.25, 0.3) is 17.4 Å². The number of halogens is 1. The van der Waals surface area contributed by atoms with Crippen LogP contribution in [0.1, 0.15) is 36.0 Å². The third-order valence-electron chi connectivity index (χ3n) is 3.58. The summed E-state index contributed by atoms with van der Waals surface area (Å²) in [6, 6.07) is 11.3. The molecule has 5 heteroatoms. The minimum absolute atomic E-state index is 0.113. The van der Waals surface area contributed by atoms with Crippen LogP contribution < -0.4 is 0 Å². The van der Waals surface area contributed by atoms with Gasteiger partial charge in [-0.05, 0) is 50.3 Å². The maximum Gasteiger partial charge on any atom is 0.189 e. The topological polar surface area (TPSA) is 48.0 Å². The SMILES string of the molecule is CC(C)n1cc(C(=O)/C=C/c2ccc(-c3ccccc3Cl)o2)cn1. The smallest absolute Gasteiger partial charge is 0.189 e. The van der Waals surface area contributed by atoms with Crippen molar-refractivity contribution in [3.05, 3.63) is 71.2 Å². The van der Waals surface area contributed by atoms with Gasteiger partial charge in [0, 0.05) is 17.8 Å².